The highest BCUT2D eigenvalue weighted by Crippen LogP contribution is 2.75. The van der Waals surface area contributed by atoms with Crippen LogP contribution in [0.5, 0.6) is 0 Å². The lowest BCUT2D eigenvalue weighted by Gasteiger charge is -2.67. The van der Waals surface area contributed by atoms with E-state index in [1.165, 1.54) is 5.57 Å². The second-order valence-electron chi connectivity index (χ2n) is 20.2. The molecule has 17 unspecified atom stereocenters. The van der Waals surface area contributed by atoms with Gasteiger partial charge in [0.05, 0.1) is 37.1 Å². The summed E-state index contributed by atoms with van der Waals surface area (Å²) >= 11 is 0. The van der Waals surface area contributed by atoms with Crippen molar-refractivity contribution in [3.8, 4) is 0 Å². The summed E-state index contributed by atoms with van der Waals surface area (Å²) in [6.07, 6.45) is -7.19. The van der Waals surface area contributed by atoms with Crippen molar-refractivity contribution in [1.82, 2.24) is 0 Å². The fourth-order valence-electron chi connectivity index (χ4n) is 12.8. The standard InChI is InChI=1S/C42H72O14/c1-20(9-13-29(39(4,5)52)56-37-35(51)33(49)31(47)25(19-44)54-37)21-15-16-40(6)26-12-10-22-23(42(26,8)27(45)17-41(21,40)7)11-14-28(38(22,2)3)55-36-34(50)32(48)30(46)24(18-43)53-36/h10,20-21,23-37,43-52H,9,11-19H2,1-8H3/t20?,21?,23?,24?,25?,26?,27?,28?,29?,30?,31?,32?,33?,34?,35?,36?,37?,40-,41+,42-/m0/s1. The Kier molecular flexibility index (Phi) is 12.7. The number of hydrogen-bond donors (Lipinski definition) is 10. The minimum atomic E-state index is -1.58. The van der Waals surface area contributed by atoms with E-state index in [2.05, 4.69) is 47.6 Å². The molecule has 20 atom stereocenters. The Balaban J connectivity index is 1.17. The predicted molar refractivity (Wildman–Crippen MR) is 202 cm³/mol. The van der Waals surface area contributed by atoms with Crippen LogP contribution in [0.2, 0.25) is 0 Å². The van der Waals surface area contributed by atoms with Gasteiger partial charge in [-0.25, -0.2) is 0 Å². The molecule has 6 rings (SSSR count). The highest BCUT2D eigenvalue weighted by atomic mass is 16.7. The molecule has 0 radical (unpaired) electrons. The molecule has 14 heteroatoms. The fourth-order valence-corrected chi connectivity index (χ4v) is 12.8. The Morgan fingerprint density at radius 2 is 1.34 bits per heavy atom. The summed E-state index contributed by atoms with van der Waals surface area (Å²) in [6, 6.07) is 0. The van der Waals surface area contributed by atoms with E-state index in [0.29, 0.717) is 25.7 Å². The summed E-state index contributed by atoms with van der Waals surface area (Å²) in [5.74, 6) is 0.800. The first-order chi connectivity index (χ1) is 26.0. The fraction of sp³-hybridized carbons (Fsp3) is 0.952. The zero-order chi connectivity index (χ0) is 41.5. The van der Waals surface area contributed by atoms with Gasteiger partial charge in [-0.15, -0.1) is 0 Å². The molecule has 0 bridgehead atoms. The van der Waals surface area contributed by atoms with Crippen LogP contribution in [0.1, 0.15) is 107 Å². The minimum Gasteiger partial charge on any atom is -0.394 e. The smallest absolute Gasteiger partial charge is 0.187 e. The van der Waals surface area contributed by atoms with Crippen molar-refractivity contribution in [1.29, 1.82) is 0 Å². The summed E-state index contributed by atoms with van der Waals surface area (Å²) < 4.78 is 23.9. The molecule has 14 nitrogen and oxygen atoms in total. The lowest BCUT2D eigenvalue weighted by Crippen LogP contribution is -2.65. The van der Waals surface area contributed by atoms with Crippen molar-refractivity contribution >= 4 is 0 Å². The van der Waals surface area contributed by atoms with Gasteiger partial charge in [-0.1, -0.05) is 53.2 Å². The summed E-state index contributed by atoms with van der Waals surface area (Å²) in [5, 5.41) is 106. The first kappa shape index (κ1) is 44.7. The van der Waals surface area contributed by atoms with Gasteiger partial charge in [0.2, 0.25) is 0 Å². The molecule has 0 amide bonds. The second kappa shape index (κ2) is 15.9. The van der Waals surface area contributed by atoms with Crippen LogP contribution in [0.4, 0.5) is 0 Å². The van der Waals surface area contributed by atoms with Crippen molar-refractivity contribution in [3.63, 3.8) is 0 Å². The van der Waals surface area contributed by atoms with Crippen LogP contribution in [0, 0.1) is 45.3 Å². The van der Waals surface area contributed by atoms with E-state index >= 15 is 0 Å². The third-order valence-corrected chi connectivity index (χ3v) is 16.6. The Morgan fingerprint density at radius 1 is 0.768 bits per heavy atom. The molecule has 0 aromatic carbocycles. The van der Waals surface area contributed by atoms with E-state index in [1.54, 1.807) is 13.8 Å². The Hall–Kier alpha value is -0.820. The van der Waals surface area contributed by atoms with Gasteiger partial charge in [-0.2, -0.15) is 0 Å². The molecule has 324 valence electrons. The first-order valence-electron chi connectivity index (χ1n) is 21.0. The van der Waals surface area contributed by atoms with Crippen LogP contribution in [0.25, 0.3) is 0 Å². The molecule has 56 heavy (non-hydrogen) atoms. The molecule has 0 spiro atoms. The molecule has 5 fully saturated rings. The first-order valence-corrected chi connectivity index (χ1v) is 21.0. The van der Waals surface area contributed by atoms with Crippen LogP contribution in [-0.4, -0.2) is 150 Å². The van der Waals surface area contributed by atoms with Gasteiger partial charge in [-0.05, 0) is 99.7 Å². The monoisotopic (exact) mass is 800 g/mol. The molecule has 6 aliphatic rings. The number of allylic oxidation sites excluding steroid dienone is 1. The topological polar surface area (TPSA) is 239 Å². The number of ether oxygens (including phenoxy) is 4. The van der Waals surface area contributed by atoms with E-state index in [4.69, 9.17) is 18.9 Å². The molecule has 4 aliphatic carbocycles. The highest BCUT2D eigenvalue weighted by Gasteiger charge is 2.70. The van der Waals surface area contributed by atoms with Gasteiger partial charge in [0.1, 0.15) is 48.8 Å². The van der Waals surface area contributed by atoms with Crippen LogP contribution in [-0.2, 0) is 18.9 Å². The van der Waals surface area contributed by atoms with Gasteiger partial charge < -0.3 is 70.0 Å². The third-order valence-electron chi connectivity index (χ3n) is 16.6. The SMILES string of the molecule is CC(CCC(OC1OC(CO)C(O)C(O)C1O)C(C)(C)O)C1CC[C@@]2(C)C3CC=C4C(CCC(OC5OC(CO)C(O)C(O)C5O)C4(C)C)[C@]3(C)C(O)C[C@]12C. The third kappa shape index (κ3) is 7.16. The number of fused-ring (bicyclic) bond motifs is 5. The van der Waals surface area contributed by atoms with E-state index in [9.17, 15) is 51.1 Å². The average molecular weight is 801 g/mol. The highest BCUT2D eigenvalue weighted by molar-refractivity contribution is 5.32. The summed E-state index contributed by atoms with van der Waals surface area (Å²) in [5.41, 5.74) is -1.23. The van der Waals surface area contributed by atoms with Gasteiger partial charge in [0.15, 0.2) is 12.6 Å². The van der Waals surface area contributed by atoms with Crippen molar-refractivity contribution in [3.05, 3.63) is 11.6 Å². The maximum Gasteiger partial charge on any atom is 0.187 e. The molecule has 0 aromatic rings. The number of aliphatic hydroxyl groups is 10. The zero-order valence-electron chi connectivity index (χ0n) is 34.6. The number of hydrogen-bond acceptors (Lipinski definition) is 14. The quantitative estimate of drug-likeness (QED) is 0.132. The molecular formula is C42H72O14. The predicted octanol–water partition coefficient (Wildman–Crippen LogP) is 1.12. The Labute approximate surface area is 331 Å². The van der Waals surface area contributed by atoms with Crippen molar-refractivity contribution < 1.29 is 70.0 Å². The van der Waals surface area contributed by atoms with Crippen LogP contribution in [0.3, 0.4) is 0 Å². The van der Waals surface area contributed by atoms with Crippen molar-refractivity contribution in [2.75, 3.05) is 13.2 Å². The lowest BCUT2D eigenvalue weighted by molar-refractivity contribution is -0.322. The molecule has 2 saturated heterocycles. The zero-order valence-corrected chi connectivity index (χ0v) is 34.6. The van der Waals surface area contributed by atoms with Gasteiger partial charge in [0.25, 0.3) is 0 Å². The molecule has 0 aromatic heterocycles. The van der Waals surface area contributed by atoms with Gasteiger partial charge >= 0.3 is 0 Å². The molecular weight excluding hydrogens is 728 g/mol. The number of aliphatic hydroxyl groups excluding tert-OH is 9. The molecule has 2 aliphatic heterocycles. The normalized spacial score (nSPS) is 50.3. The second-order valence-corrected chi connectivity index (χ2v) is 20.2. The summed E-state index contributed by atoms with van der Waals surface area (Å²) in [6.45, 7) is 15.7. The maximum absolute atomic E-state index is 12.5. The average Bonchev–Trinajstić information content (AvgIpc) is 3.40. The van der Waals surface area contributed by atoms with Crippen molar-refractivity contribution in [2.45, 2.75) is 192 Å². The molecule has 10 N–H and O–H groups in total. The lowest BCUT2D eigenvalue weighted by atomic mass is 9.38. The summed E-state index contributed by atoms with van der Waals surface area (Å²) in [4.78, 5) is 0. The van der Waals surface area contributed by atoms with E-state index in [0.717, 1.165) is 25.7 Å². The van der Waals surface area contributed by atoms with Crippen LogP contribution >= 0.6 is 0 Å². The van der Waals surface area contributed by atoms with E-state index in [1.807, 2.05) is 0 Å². The van der Waals surface area contributed by atoms with E-state index < -0.39 is 103 Å². The molecule has 2 heterocycles. The largest absolute Gasteiger partial charge is 0.394 e. The van der Waals surface area contributed by atoms with Crippen LogP contribution < -0.4 is 0 Å². The van der Waals surface area contributed by atoms with E-state index in [-0.39, 0.29) is 40.6 Å². The minimum absolute atomic E-state index is 0.0712. The Morgan fingerprint density at radius 3 is 1.91 bits per heavy atom. The number of rotatable bonds is 11. The van der Waals surface area contributed by atoms with Gasteiger partial charge in [-0.3, -0.25) is 0 Å². The maximum atomic E-state index is 12.5. The van der Waals surface area contributed by atoms with Gasteiger partial charge in [0, 0.05) is 10.8 Å². The van der Waals surface area contributed by atoms with Crippen molar-refractivity contribution in [2.24, 2.45) is 45.3 Å². The Bertz CT molecular complexity index is 1400. The van der Waals surface area contributed by atoms with Crippen LogP contribution in [0.15, 0.2) is 11.6 Å². The molecule has 3 saturated carbocycles. The summed E-state index contributed by atoms with van der Waals surface area (Å²) in [7, 11) is 0.